The third kappa shape index (κ3) is 2.55. The van der Waals surface area contributed by atoms with Gasteiger partial charge in [0.05, 0.1) is 11.1 Å². The van der Waals surface area contributed by atoms with Crippen molar-refractivity contribution in [2.24, 2.45) is 0 Å². The van der Waals surface area contributed by atoms with E-state index < -0.39 is 17.6 Å². The fourth-order valence-corrected chi connectivity index (χ4v) is 1.57. The molecule has 2 rings (SSSR count). The predicted octanol–water partition coefficient (Wildman–Crippen LogP) is 2.86. The molecule has 18 heavy (non-hydrogen) atoms. The van der Waals surface area contributed by atoms with Gasteiger partial charge in [-0.05, 0) is 25.0 Å². The van der Waals surface area contributed by atoms with E-state index in [2.05, 4.69) is 0 Å². The summed E-state index contributed by atoms with van der Waals surface area (Å²) in [5.74, 6) is -3.50. The monoisotopic (exact) mass is 273 g/mol. The highest BCUT2D eigenvalue weighted by Gasteiger charge is 2.41. The number of aliphatic hydroxyl groups is 1. The van der Waals surface area contributed by atoms with Crippen LogP contribution in [0.1, 0.15) is 18.4 Å². The highest BCUT2D eigenvalue weighted by molar-refractivity contribution is 6.32. The van der Waals surface area contributed by atoms with Gasteiger partial charge in [-0.3, -0.25) is 0 Å². The molecule has 0 amide bonds. The molecule has 1 unspecified atom stereocenters. The van der Waals surface area contributed by atoms with E-state index in [1.807, 2.05) is 0 Å². The van der Waals surface area contributed by atoms with E-state index in [9.17, 15) is 8.78 Å². The standard InChI is InChI=1S/C12H10ClF2NO2/c13-9-4-1-7(12(14,15)11(17)6-16)5-10(9)18-8-2-3-8/h1,4-5,8,11,17H,2-3H2. The molecular weight excluding hydrogens is 264 g/mol. The second-order valence-electron chi connectivity index (χ2n) is 4.12. The summed E-state index contributed by atoms with van der Waals surface area (Å²) in [6.45, 7) is 0. The van der Waals surface area contributed by atoms with Crippen LogP contribution in [0, 0.1) is 11.3 Å². The lowest BCUT2D eigenvalue weighted by Gasteiger charge is -2.19. The van der Waals surface area contributed by atoms with Crippen molar-refractivity contribution in [3.63, 3.8) is 0 Å². The number of hydrogen-bond acceptors (Lipinski definition) is 3. The van der Waals surface area contributed by atoms with Gasteiger partial charge in [0.1, 0.15) is 11.8 Å². The quantitative estimate of drug-likeness (QED) is 0.858. The number of nitrogens with zero attached hydrogens (tertiary/aromatic N) is 1. The Morgan fingerprint density at radius 3 is 2.72 bits per heavy atom. The van der Waals surface area contributed by atoms with Crippen molar-refractivity contribution in [3.8, 4) is 11.8 Å². The minimum Gasteiger partial charge on any atom is -0.489 e. The lowest BCUT2D eigenvalue weighted by atomic mass is 10.0. The maximum absolute atomic E-state index is 13.6. The Balaban J connectivity index is 2.30. The van der Waals surface area contributed by atoms with Gasteiger partial charge in [-0.2, -0.15) is 14.0 Å². The number of benzene rings is 1. The van der Waals surface area contributed by atoms with Crippen molar-refractivity contribution >= 4 is 11.6 Å². The summed E-state index contributed by atoms with van der Waals surface area (Å²) >= 11 is 5.83. The maximum Gasteiger partial charge on any atom is 0.311 e. The summed E-state index contributed by atoms with van der Waals surface area (Å²) in [6, 6.07) is 4.54. The van der Waals surface area contributed by atoms with Gasteiger partial charge in [0.2, 0.25) is 6.10 Å². The Morgan fingerprint density at radius 2 is 2.17 bits per heavy atom. The molecule has 1 fully saturated rings. The molecule has 96 valence electrons. The molecule has 1 aliphatic carbocycles. The molecular formula is C12H10ClF2NO2. The van der Waals surface area contributed by atoms with Crippen molar-refractivity contribution in [1.29, 1.82) is 5.26 Å². The van der Waals surface area contributed by atoms with E-state index in [-0.39, 0.29) is 16.9 Å². The highest BCUT2D eigenvalue weighted by atomic mass is 35.5. The highest BCUT2D eigenvalue weighted by Crippen LogP contribution is 2.38. The Kier molecular flexibility index (Phi) is 3.42. The number of halogens is 3. The second kappa shape index (κ2) is 4.71. The molecule has 0 saturated heterocycles. The Labute approximate surface area is 108 Å². The van der Waals surface area contributed by atoms with Crippen LogP contribution in [0.4, 0.5) is 8.78 Å². The molecule has 0 radical (unpaired) electrons. The summed E-state index contributed by atoms with van der Waals surface area (Å²) in [6.07, 6.45) is -0.630. The van der Waals surface area contributed by atoms with Gasteiger partial charge in [0, 0.05) is 5.56 Å². The van der Waals surface area contributed by atoms with Gasteiger partial charge in [0.25, 0.3) is 0 Å². The zero-order valence-electron chi connectivity index (χ0n) is 9.24. The third-order valence-corrected chi connectivity index (χ3v) is 2.91. The fourth-order valence-electron chi connectivity index (χ4n) is 1.41. The molecule has 1 N–H and O–H groups in total. The van der Waals surface area contributed by atoms with Crippen molar-refractivity contribution in [1.82, 2.24) is 0 Å². The Hall–Kier alpha value is -1.38. The maximum atomic E-state index is 13.6. The lowest BCUT2D eigenvalue weighted by Crippen LogP contribution is -2.29. The van der Waals surface area contributed by atoms with Gasteiger partial charge in [0.15, 0.2) is 0 Å². The largest absolute Gasteiger partial charge is 0.489 e. The van der Waals surface area contributed by atoms with E-state index in [0.717, 1.165) is 31.0 Å². The SMILES string of the molecule is N#CC(O)C(F)(F)c1ccc(Cl)c(OC2CC2)c1. The van der Waals surface area contributed by atoms with Gasteiger partial charge in [-0.25, -0.2) is 0 Å². The molecule has 0 aromatic heterocycles. The van der Waals surface area contributed by atoms with Crippen molar-refractivity contribution in [2.45, 2.75) is 31.0 Å². The zero-order chi connectivity index (χ0) is 13.3. The number of aliphatic hydroxyl groups excluding tert-OH is 1. The molecule has 1 atom stereocenters. The summed E-state index contributed by atoms with van der Waals surface area (Å²) in [4.78, 5) is 0. The van der Waals surface area contributed by atoms with Crippen molar-refractivity contribution in [2.75, 3.05) is 0 Å². The molecule has 1 aromatic carbocycles. The van der Waals surface area contributed by atoms with E-state index >= 15 is 0 Å². The number of nitriles is 1. The molecule has 0 bridgehead atoms. The van der Waals surface area contributed by atoms with Crippen LogP contribution in [-0.4, -0.2) is 17.3 Å². The summed E-state index contributed by atoms with van der Waals surface area (Å²) in [5.41, 5.74) is -0.489. The molecule has 1 aromatic rings. The van der Waals surface area contributed by atoms with E-state index in [0.29, 0.717) is 0 Å². The molecule has 0 aliphatic heterocycles. The van der Waals surface area contributed by atoms with Crippen LogP contribution in [0.5, 0.6) is 5.75 Å². The van der Waals surface area contributed by atoms with Gasteiger partial charge < -0.3 is 9.84 Å². The van der Waals surface area contributed by atoms with Crippen molar-refractivity contribution < 1.29 is 18.6 Å². The Bertz CT molecular complexity index is 497. The molecule has 1 aliphatic rings. The van der Waals surface area contributed by atoms with Crippen LogP contribution < -0.4 is 4.74 Å². The molecule has 3 nitrogen and oxygen atoms in total. The number of alkyl halides is 2. The number of ether oxygens (including phenoxy) is 1. The molecule has 0 spiro atoms. The van der Waals surface area contributed by atoms with Crippen LogP contribution in [0.2, 0.25) is 5.02 Å². The topological polar surface area (TPSA) is 53.2 Å². The lowest BCUT2D eigenvalue weighted by molar-refractivity contribution is -0.0894. The minimum atomic E-state index is -3.65. The van der Waals surface area contributed by atoms with Gasteiger partial charge >= 0.3 is 5.92 Å². The first-order valence-corrected chi connectivity index (χ1v) is 5.75. The smallest absolute Gasteiger partial charge is 0.311 e. The molecule has 1 saturated carbocycles. The first-order chi connectivity index (χ1) is 8.45. The van der Waals surface area contributed by atoms with Crippen molar-refractivity contribution in [3.05, 3.63) is 28.8 Å². The predicted molar refractivity (Wildman–Crippen MR) is 60.6 cm³/mol. The van der Waals surface area contributed by atoms with E-state index in [4.69, 9.17) is 26.7 Å². The minimum absolute atomic E-state index is 0.0206. The van der Waals surface area contributed by atoms with Crippen LogP contribution in [0.3, 0.4) is 0 Å². The van der Waals surface area contributed by atoms with Gasteiger partial charge in [-0.15, -0.1) is 0 Å². The van der Waals surface area contributed by atoms with Crippen LogP contribution in [0.15, 0.2) is 18.2 Å². The summed E-state index contributed by atoms with van der Waals surface area (Å²) in [7, 11) is 0. The van der Waals surface area contributed by atoms with Crippen LogP contribution in [-0.2, 0) is 5.92 Å². The normalized spacial score (nSPS) is 17.1. The summed E-state index contributed by atoms with van der Waals surface area (Å²) < 4.78 is 32.7. The van der Waals surface area contributed by atoms with Gasteiger partial charge in [-0.1, -0.05) is 17.7 Å². The molecule has 6 heteroatoms. The third-order valence-electron chi connectivity index (χ3n) is 2.60. The second-order valence-corrected chi connectivity index (χ2v) is 4.52. The Morgan fingerprint density at radius 1 is 1.50 bits per heavy atom. The number of rotatable bonds is 4. The average molecular weight is 274 g/mol. The first-order valence-electron chi connectivity index (χ1n) is 5.37. The van der Waals surface area contributed by atoms with Crippen LogP contribution in [0.25, 0.3) is 0 Å². The molecule has 0 heterocycles. The fraction of sp³-hybridized carbons (Fsp3) is 0.417. The van der Waals surface area contributed by atoms with E-state index in [1.54, 1.807) is 0 Å². The number of hydrogen-bond donors (Lipinski definition) is 1. The van der Waals surface area contributed by atoms with E-state index in [1.165, 1.54) is 6.07 Å². The van der Waals surface area contributed by atoms with Crippen LogP contribution >= 0.6 is 11.6 Å². The average Bonchev–Trinajstić information content (AvgIpc) is 3.14. The zero-order valence-corrected chi connectivity index (χ0v) is 9.99. The summed E-state index contributed by atoms with van der Waals surface area (Å²) in [5, 5.41) is 17.6. The first kappa shape index (κ1) is 13.1.